The van der Waals surface area contributed by atoms with Gasteiger partial charge in [0.2, 0.25) is 0 Å². The average molecular weight is 467 g/mol. The van der Waals surface area contributed by atoms with Crippen molar-refractivity contribution >= 4 is 0 Å². The summed E-state index contributed by atoms with van der Waals surface area (Å²) < 4.78 is 14.2. The molecule has 2 aromatic carbocycles. The summed E-state index contributed by atoms with van der Waals surface area (Å²) in [7, 11) is 0. The van der Waals surface area contributed by atoms with E-state index >= 15 is 0 Å². The van der Waals surface area contributed by atoms with E-state index in [4.69, 9.17) is 0 Å². The molecule has 0 aromatic heterocycles. The van der Waals surface area contributed by atoms with Crippen LogP contribution in [0.4, 0.5) is 4.39 Å². The summed E-state index contributed by atoms with van der Waals surface area (Å²) in [6, 6.07) is 12.7. The van der Waals surface area contributed by atoms with E-state index in [0.29, 0.717) is 12.8 Å². The summed E-state index contributed by atoms with van der Waals surface area (Å²) in [5, 5.41) is 23.0. The second-order valence-corrected chi connectivity index (χ2v) is 11.1. The van der Waals surface area contributed by atoms with Crippen molar-refractivity contribution in [1.82, 2.24) is 9.80 Å². The van der Waals surface area contributed by atoms with Crippen LogP contribution in [-0.2, 0) is 11.8 Å². The Bertz CT molecular complexity index is 1020. The molecular formula is C29H39FN2O2. The number of hydrogen-bond donors (Lipinski definition) is 2. The normalized spacial score (nSPS) is 30.6. The molecule has 5 rings (SSSR count). The first-order chi connectivity index (χ1) is 16.3. The summed E-state index contributed by atoms with van der Waals surface area (Å²) in [5.74, 6) is 0.913. The minimum atomic E-state index is -0.883. The quantitative estimate of drug-likeness (QED) is 0.651. The standard InChI is InChI=1S/C29H39FN2O2/c1-21-7-10-25(33)19-26(21)28-12-16-31(15-11-24-5-3-4-6-27(24)30)17-14-29(28,34)22(2)32(18-13-28)20-23-8-9-23/h3-7,10,19,22-23,33-34H,8-9,11-18,20H2,1-2H3. The highest BCUT2D eigenvalue weighted by atomic mass is 19.1. The van der Waals surface area contributed by atoms with E-state index in [9.17, 15) is 14.6 Å². The lowest BCUT2D eigenvalue weighted by atomic mass is 9.57. The van der Waals surface area contributed by atoms with Crippen molar-refractivity contribution in [3.8, 4) is 5.75 Å². The fourth-order valence-electron chi connectivity index (χ4n) is 6.74. The van der Waals surface area contributed by atoms with Crippen LogP contribution in [-0.4, -0.2) is 64.4 Å². The van der Waals surface area contributed by atoms with Crippen LogP contribution in [0.25, 0.3) is 0 Å². The number of likely N-dealkylation sites (tertiary alicyclic amines) is 2. The number of fused-ring (bicyclic) bond motifs is 1. The third-order valence-corrected chi connectivity index (χ3v) is 9.14. The summed E-state index contributed by atoms with van der Waals surface area (Å²) >= 11 is 0. The maximum absolute atomic E-state index is 14.2. The molecule has 3 aliphatic rings. The Labute approximate surface area is 203 Å². The van der Waals surface area contributed by atoms with Gasteiger partial charge >= 0.3 is 0 Å². The zero-order chi connectivity index (χ0) is 23.9. The summed E-state index contributed by atoms with van der Waals surface area (Å²) in [6.45, 7) is 8.81. The average Bonchev–Trinajstić information content (AvgIpc) is 3.65. The van der Waals surface area contributed by atoms with E-state index in [1.807, 2.05) is 24.3 Å². The predicted molar refractivity (Wildman–Crippen MR) is 134 cm³/mol. The SMILES string of the molecule is Cc1ccc(O)cc1C12CCN(CCc3ccccc3F)CCC1(O)C(C)N(CC1CC1)CC2. The van der Waals surface area contributed by atoms with Crippen LogP contribution in [0.15, 0.2) is 42.5 Å². The third-order valence-electron chi connectivity index (χ3n) is 9.14. The number of aromatic hydroxyl groups is 1. The molecule has 5 heteroatoms. The minimum Gasteiger partial charge on any atom is -0.508 e. The highest BCUT2D eigenvalue weighted by molar-refractivity contribution is 5.43. The third kappa shape index (κ3) is 4.27. The lowest BCUT2D eigenvalue weighted by molar-refractivity contribution is -0.136. The van der Waals surface area contributed by atoms with Gasteiger partial charge in [-0.25, -0.2) is 4.39 Å². The van der Waals surface area contributed by atoms with Crippen molar-refractivity contribution in [2.24, 2.45) is 5.92 Å². The van der Waals surface area contributed by atoms with Gasteiger partial charge in [0.05, 0.1) is 5.60 Å². The van der Waals surface area contributed by atoms with Gasteiger partial charge in [-0.3, -0.25) is 4.90 Å². The Morgan fingerprint density at radius 2 is 1.76 bits per heavy atom. The van der Waals surface area contributed by atoms with E-state index in [-0.39, 0.29) is 17.6 Å². The Hall–Kier alpha value is -1.95. The van der Waals surface area contributed by atoms with Crippen LogP contribution < -0.4 is 0 Å². The second-order valence-electron chi connectivity index (χ2n) is 11.1. The molecule has 0 amide bonds. The van der Waals surface area contributed by atoms with Crippen molar-refractivity contribution in [2.45, 2.75) is 69.4 Å². The summed E-state index contributed by atoms with van der Waals surface area (Å²) in [4.78, 5) is 4.92. The van der Waals surface area contributed by atoms with E-state index in [1.165, 1.54) is 18.9 Å². The summed E-state index contributed by atoms with van der Waals surface area (Å²) in [6.07, 6.45) is 5.71. The van der Waals surface area contributed by atoms with Gasteiger partial charge in [-0.15, -0.1) is 0 Å². The van der Waals surface area contributed by atoms with Crippen molar-refractivity contribution < 1.29 is 14.6 Å². The zero-order valence-electron chi connectivity index (χ0n) is 20.6. The van der Waals surface area contributed by atoms with Gasteiger partial charge in [-0.2, -0.15) is 0 Å². The Kier molecular flexibility index (Phi) is 6.47. The number of phenolic OH excluding ortho intramolecular Hbond substituents is 1. The molecule has 1 saturated carbocycles. The molecule has 184 valence electrons. The molecule has 4 nitrogen and oxygen atoms in total. The molecule has 2 aliphatic heterocycles. The molecule has 0 radical (unpaired) electrons. The zero-order valence-corrected chi connectivity index (χ0v) is 20.6. The molecule has 2 saturated heterocycles. The topological polar surface area (TPSA) is 46.9 Å². The predicted octanol–water partition coefficient (Wildman–Crippen LogP) is 4.65. The molecule has 3 fully saturated rings. The smallest absolute Gasteiger partial charge is 0.126 e. The van der Waals surface area contributed by atoms with Crippen molar-refractivity contribution in [3.05, 3.63) is 65.0 Å². The lowest BCUT2D eigenvalue weighted by Gasteiger charge is -2.58. The Balaban J connectivity index is 1.44. The molecule has 2 aromatic rings. The number of benzene rings is 2. The van der Waals surface area contributed by atoms with Crippen LogP contribution in [0.2, 0.25) is 0 Å². The number of nitrogens with zero attached hydrogens (tertiary/aromatic N) is 2. The van der Waals surface area contributed by atoms with E-state index in [2.05, 4.69) is 23.6 Å². The van der Waals surface area contributed by atoms with Gasteiger partial charge in [0.1, 0.15) is 11.6 Å². The highest BCUT2D eigenvalue weighted by Crippen LogP contribution is 2.53. The van der Waals surface area contributed by atoms with Gasteiger partial charge in [0.25, 0.3) is 0 Å². The molecule has 2 heterocycles. The van der Waals surface area contributed by atoms with Crippen molar-refractivity contribution in [2.75, 3.05) is 32.7 Å². The highest BCUT2D eigenvalue weighted by Gasteiger charge is 2.59. The van der Waals surface area contributed by atoms with E-state index in [1.54, 1.807) is 12.1 Å². The van der Waals surface area contributed by atoms with Crippen LogP contribution in [0.3, 0.4) is 0 Å². The second kappa shape index (κ2) is 9.25. The van der Waals surface area contributed by atoms with Crippen LogP contribution in [0, 0.1) is 18.7 Å². The molecule has 34 heavy (non-hydrogen) atoms. The van der Waals surface area contributed by atoms with Gasteiger partial charge < -0.3 is 15.1 Å². The first-order valence-corrected chi connectivity index (χ1v) is 13.0. The molecule has 1 aliphatic carbocycles. The van der Waals surface area contributed by atoms with Crippen molar-refractivity contribution in [1.29, 1.82) is 0 Å². The number of phenols is 1. The lowest BCUT2D eigenvalue weighted by Crippen LogP contribution is -2.68. The first-order valence-electron chi connectivity index (χ1n) is 13.0. The number of piperidine rings is 1. The first kappa shape index (κ1) is 23.8. The molecule has 2 N–H and O–H groups in total. The maximum Gasteiger partial charge on any atom is 0.126 e. The number of hydrogen-bond acceptors (Lipinski definition) is 4. The molecular weight excluding hydrogens is 427 g/mol. The Morgan fingerprint density at radius 3 is 2.53 bits per heavy atom. The van der Waals surface area contributed by atoms with Crippen LogP contribution >= 0.6 is 0 Å². The van der Waals surface area contributed by atoms with Gasteiger partial charge in [0.15, 0.2) is 0 Å². The number of aryl methyl sites for hydroxylation is 1. The number of aliphatic hydroxyl groups is 1. The van der Waals surface area contributed by atoms with Gasteiger partial charge in [-0.1, -0.05) is 24.3 Å². The summed E-state index contributed by atoms with van der Waals surface area (Å²) in [5.41, 5.74) is 1.71. The van der Waals surface area contributed by atoms with Crippen LogP contribution in [0.1, 0.15) is 55.7 Å². The fourth-order valence-corrected chi connectivity index (χ4v) is 6.74. The fraction of sp³-hybridized carbons (Fsp3) is 0.586. The van der Waals surface area contributed by atoms with Gasteiger partial charge in [-0.05, 0) is 106 Å². The largest absolute Gasteiger partial charge is 0.508 e. The van der Waals surface area contributed by atoms with E-state index < -0.39 is 11.0 Å². The maximum atomic E-state index is 14.2. The number of halogens is 1. The number of rotatable bonds is 6. The minimum absolute atomic E-state index is 0.0510. The van der Waals surface area contributed by atoms with Crippen molar-refractivity contribution in [3.63, 3.8) is 0 Å². The van der Waals surface area contributed by atoms with E-state index in [0.717, 1.165) is 68.2 Å². The molecule has 0 bridgehead atoms. The Morgan fingerprint density at radius 1 is 1.03 bits per heavy atom. The van der Waals surface area contributed by atoms with Crippen LogP contribution in [0.5, 0.6) is 5.75 Å². The van der Waals surface area contributed by atoms with Gasteiger partial charge in [0, 0.05) is 31.1 Å². The molecule has 0 spiro atoms. The molecule has 3 unspecified atom stereocenters. The monoisotopic (exact) mass is 466 g/mol. The molecule has 3 atom stereocenters.